The molecule has 2 fully saturated rings. The van der Waals surface area contributed by atoms with E-state index in [2.05, 4.69) is 31.2 Å². The number of carbonyl (C=O) groups is 2. The molecular weight excluding hydrogens is 358 g/mol. The molecule has 1 saturated heterocycles. The first-order valence-electron chi connectivity index (χ1n) is 9.15. The average molecular weight is 376 g/mol. The number of rotatable bonds is 2. The summed E-state index contributed by atoms with van der Waals surface area (Å²) in [6.45, 7) is 2.10. The van der Waals surface area contributed by atoms with Crippen molar-refractivity contribution in [2.75, 3.05) is 4.90 Å². The molecule has 0 aromatic heterocycles. The van der Waals surface area contributed by atoms with Crippen molar-refractivity contribution in [1.29, 1.82) is 0 Å². The Balaban J connectivity index is 1.55. The zero-order valence-corrected chi connectivity index (χ0v) is 15.6. The Morgan fingerprint density at radius 2 is 1.41 bits per heavy atom. The van der Waals surface area contributed by atoms with Crippen LogP contribution in [0.2, 0.25) is 5.02 Å². The maximum atomic E-state index is 13.2. The van der Waals surface area contributed by atoms with E-state index >= 15 is 0 Å². The van der Waals surface area contributed by atoms with Gasteiger partial charge >= 0.3 is 0 Å². The molecule has 2 aliphatic carbocycles. The smallest absolute Gasteiger partial charge is 0.238 e. The summed E-state index contributed by atoms with van der Waals surface area (Å²) in [5.41, 5.74) is 4.17. The molecule has 0 unspecified atom stereocenters. The van der Waals surface area contributed by atoms with Gasteiger partial charge in [-0.15, -0.1) is 0 Å². The summed E-state index contributed by atoms with van der Waals surface area (Å²) in [6, 6.07) is 17.1. The van der Waals surface area contributed by atoms with Gasteiger partial charge in [0.25, 0.3) is 0 Å². The van der Waals surface area contributed by atoms with E-state index in [1.807, 2.05) is 18.2 Å². The highest BCUT2D eigenvalue weighted by Crippen LogP contribution is 2.58. The first-order chi connectivity index (χ1) is 13.1. The number of benzene rings is 2. The third-order valence-corrected chi connectivity index (χ3v) is 6.39. The van der Waals surface area contributed by atoms with E-state index < -0.39 is 0 Å². The lowest BCUT2D eigenvalue weighted by molar-refractivity contribution is -0.122. The Labute approximate surface area is 162 Å². The maximum absolute atomic E-state index is 13.2. The second-order valence-corrected chi connectivity index (χ2v) is 7.86. The number of hydrogen-bond donors (Lipinski definition) is 0. The van der Waals surface area contributed by atoms with E-state index in [4.69, 9.17) is 11.6 Å². The molecule has 0 radical (unpaired) electrons. The SMILES string of the molecule is CC(=C1[C@H]2C=C[C@H]1[C@@H]1C(=O)N(c3ccc(Cl)cc3)C(=O)[C@H]12)c1ccccc1. The topological polar surface area (TPSA) is 37.4 Å². The third-order valence-electron chi connectivity index (χ3n) is 6.14. The van der Waals surface area contributed by atoms with Gasteiger partial charge in [0, 0.05) is 16.9 Å². The molecule has 27 heavy (non-hydrogen) atoms. The lowest BCUT2D eigenvalue weighted by atomic mass is 9.85. The van der Waals surface area contributed by atoms with Gasteiger partial charge in [0.15, 0.2) is 0 Å². The standard InChI is InChI=1S/C23H18ClNO2/c1-13(14-5-3-2-4-6-14)19-17-11-12-18(19)21-20(17)22(26)25(23(21)27)16-9-7-15(24)8-10-16/h2-12,17-18,20-21H,1H3/t17-,18-,20+,21+/m1/s1. The Hall–Kier alpha value is -2.65. The number of hydrogen-bond acceptors (Lipinski definition) is 2. The highest BCUT2D eigenvalue weighted by atomic mass is 35.5. The monoisotopic (exact) mass is 375 g/mol. The number of amides is 2. The molecule has 0 N–H and O–H groups in total. The van der Waals surface area contributed by atoms with Crippen LogP contribution in [0, 0.1) is 23.7 Å². The van der Waals surface area contributed by atoms with Gasteiger partial charge in [0.05, 0.1) is 17.5 Å². The van der Waals surface area contributed by atoms with Crippen molar-refractivity contribution in [2.45, 2.75) is 6.92 Å². The minimum absolute atomic E-state index is 0.00829. The van der Waals surface area contributed by atoms with E-state index in [1.54, 1.807) is 24.3 Å². The van der Waals surface area contributed by atoms with Gasteiger partial charge in [-0.1, -0.05) is 59.7 Å². The van der Waals surface area contributed by atoms with Crippen molar-refractivity contribution in [3.8, 4) is 0 Å². The van der Waals surface area contributed by atoms with Gasteiger partial charge in [-0.2, -0.15) is 0 Å². The number of nitrogens with zero attached hydrogens (tertiary/aromatic N) is 1. The van der Waals surface area contributed by atoms with Crippen LogP contribution in [0.1, 0.15) is 12.5 Å². The van der Waals surface area contributed by atoms with Crippen molar-refractivity contribution in [2.24, 2.45) is 23.7 Å². The summed E-state index contributed by atoms with van der Waals surface area (Å²) < 4.78 is 0. The largest absolute Gasteiger partial charge is 0.274 e. The van der Waals surface area contributed by atoms with Gasteiger partial charge in [0.2, 0.25) is 11.8 Å². The summed E-state index contributed by atoms with van der Waals surface area (Å²) in [7, 11) is 0. The molecule has 1 saturated carbocycles. The van der Waals surface area contributed by atoms with Gasteiger partial charge in [-0.25, -0.2) is 4.90 Å². The molecule has 0 spiro atoms. The van der Waals surface area contributed by atoms with Crippen molar-refractivity contribution in [3.05, 3.63) is 82.9 Å². The van der Waals surface area contributed by atoms with Crippen molar-refractivity contribution < 1.29 is 9.59 Å². The van der Waals surface area contributed by atoms with Crippen LogP contribution in [0.4, 0.5) is 5.69 Å². The summed E-state index contributed by atoms with van der Waals surface area (Å²) in [5, 5.41) is 0.587. The molecule has 134 valence electrons. The second-order valence-electron chi connectivity index (χ2n) is 7.42. The van der Waals surface area contributed by atoms with Crippen molar-refractivity contribution in [3.63, 3.8) is 0 Å². The number of fused-ring (bicyclic) bond motifs is 5. The first-order valence-corrected chi connectivity index (χ1v) is 9.53. The average Bonchev–Trinajstić information content (AvgIpc) is 3.33. The van der Waals surface area contributed by atoms with E-state index in [1.165, 1.54) is 16.0 Å². The Morgan fingerprint density at radius 3 is 1.96 bits per heavy atom. The molecule has 4 heteroatoms. The van der Waals surface area contributed by atoms with Crippen LogP contribution in [-0.2, 0) is 9.59 Å². The lowest BCUT2D eigenvalue weighted by Crippen LogP contribution is -2.33. The van der Waals surface area contributed by atoms with E-state index in [9.17, 15) is 9.59 Å². The number of allylic oxidation sites excluding steroid dienone is 4. The summed E-state index contributed by atoms with van der Waals surface area (Å²) in [6.07, 6.45) is 4.23. The minimum atomic E-state index is -0.295. The Morgan fingerprint density at radius 1 is 0.852 bits per heavy atom. The van der Waals surface area contributed by atoms with Crippen LogP contribution in [0.25, 0.3) is 5.57 Å². The molecule has 5 rings (SSSR count). The van der Waals surface area contributed by atoms with Crippen molar-refractivity contribution >= 4 is 34.7 Å². The van der Waals surface area contributed by atoms with Crippen molar-refractivity contribution in [1.82, 2.24) is 0 Å². The van der Waals surface area contributed by atoms with Gasteiger partial charge in [-0.3, -0.25) is 9.59 Å². The van der Waals surface area contributed by atoms with Gasteiger partial charge in [0.1, 0.15) is 0 Å². The summed E-state index contributed by atoms with van der Waals surface area (Å²) in [4.78, 5) is 27.7. The number of halogens is 1. The van der Waals surface area contributed by atoms with E-state index in [-0.39, 0.29) is 35.5 Å². The fourth-order valence-corrected chi connectivity index (χ4v) is 5.09. The Bertz CT molecular complexity index is 972. The molecule has 2 bridgehead atoms. The first kappa shape index (κ1) is 16.5. The maximum Gasteiger partial charge on any atom is 0.238 e. The molecular formula is C23H18ClNO2. The number of anilines is 1. The van der Waals surface area contributed by atoms with Crippen LogP contribution in [0.15, 0.2) is 72.3 Å². The van der Waals surface area contributed by atoms with Gasteiger partial charge < -0.3 is 0 Å². The summed E-state index contributed by atoms with van der Waals surface area (Å²) >= 11 is 5.95. The summed E-state index contributed by atoms with van der Waals surface area (Å²) in [5.74, 6) is -0.762. The normalized spacial score (nSPS) is 28.2. The quantitative estimate of drug-likeness (QED) is 0.562. The second kappa shape index (κ2) is 5.93. The zero-order chi connectivity index (χ0) is 18.7. The minimum Gasteiger partial charge on any atom is -0.274 e. The van der Waals surface area contributed by atoms with E-state index in [0.717, 1.165) is 5.56 Å². The van der Waals surface area contributed by atoms with Crippen LogP contribution >= 0.6 is 11.6 Å². The predicted molar refractivity (Wildman–Crippen MR) is 106 cm³/mol. The predicted octanol–water partition coefficient (Wildman–Crippen LogP) is 4.74. The number of carbonyl (C=O) groups excluding carboxylic acids is 2. The van der Waals surface area contributed by atoms with Crippen LogP contribution < -0.4 is 4.90 Å². The van der Waals surface area contributed by atoms with Crippen LogP contribution in [0.3, 0.4) is 0 Å². The molecule has 4 atom stereocenters. The highest BCUT2D eigenvalue weighted by Gasteiger charge is 2.62. The Kier molecular flexibility index (Phi) is 3.63. The highest BCUT2D eigenvalue weighted by molar-refractivity contribution is 6.31. The van der Waals surface area contributed by atoms with Crippen LogP contribution in [-0.4, -0.2) is 11.8 Å². The molecule has 1 heterocycles. The third kappa shape index (κ3) is 2.28. The molecule has 1 aliphatic heterocycles. The molecule has 2 amide bonds. The molecule has 3 aliphatic rings. The van der Waals surface area contributed by atoms with Crippen LogP contribution in [0.5, 0.6) is 0 Å². The van der Waals surface area contributed by atoms with Gasteiger partial charge in [-0.05, 0) is 42.3 Å². The molecule has 3 nitrogen and oxygen atoms in total. The lowest BCUT2D eigenvalue weighted by Gasteiger charge is -2.20. The molecule has 2 aromatic rings. The fourth-order valence-electron chi connectivity index (χ4n) is 4.96. The zero-order valence-electron chi connectivity index (χ0n) is 14.8. The van der Waals surface area contributed by atoms with E-state index in [0.29, 0.717) is 10.7 Å². The number of imide groups is 1. The molecule has 2 aromatic carbocycles. The fraction of sp³-hybridized carbons (Fsp3) is 0.217.